The number of hydrogen-bond donors (Lipinski definition) is 3. The van der Waals surface area contributed by atoms with Gasteiger partial charge in [-0.3, -0.25) is 0 Å². The second-order valence-corrected chi connectivity index (χ2v) is 6.16. The monoisotopic (exact) mass is 351 g/mol. The van der Waals surface area contributed by atoms with Crippen molar-refractivity contribution < 1.29 is 19.3 Å². The van der Waals surface area contributed by atoms with Crippen molar-refractivity contribution in [3.63, 3.8) is 0 Å². The first-order chi connectivity index (χ1) is 12.0. The Morgan fingerprint density at radius 1 is 1.12 bits per heavy atom. The summed E-state index contributed by atoms with van der Waals surface area (Å²) in [5.74, 6) is 2.45. The Bertz CT molecular complexity index is 575. The van der Waals surface area contributed by atoms with Crippen molar-refractivity contribution in [3.8, 4) is 17.2 Å². The smallest absolute Gasteiger partial charge is 0.203 e. The molecular weight excluding hydrogens is 322 g/mol. The molecule has 1 fully saturated rings. The minimum atomic E-state index is -0.594. The molecule has 7 nitrogen and oxygen atoms in total. The maximum Gasteiger partial charge on any atom is 0.203 e. The summed E-state index contributed by atoms with van der Waals surface area (Å²) in [4.78, 5) is 4.58. The van der Waals surface area contributed by atoms with Gasteiger partial charge in [0, 0.05) is 13.1 Å². The van der Waals surface area contributed by atoms with Crippen LogP contribution in [-0.4, -0.2) is 51.1 Å². The first kappa shape index (κ1) is 19.2. The predicted octanol–water partition coefficient (Wildman–Crippen LogP) is 1.68. The van der Waals surface area contributed by atoms with Crippen molar-refractivity contribution in [2.75, 3.05) is 34.4 Å². The van der Waals surface area contributed by atoms with Gasteiger partial charge in [0.25, 0.3) is 0 Å². The zero-order valence-corrected chi connectivity index (χ0v) is 15.5. The minimum Gasteiger partial charge on any atom is -0.493 e. The van der Waals surface area contributed by atoms with Crippen LogP contribution in [0.4, 0.5) is 0 Å². The summed E-state index contributed by atoms with van der Waals surface area (Å²) in [6, 6.07) is 3.77. The van der Waals surface area contributed by atoms with Gasteiger partial charge in [0.05, 0.1) is 33.5 Å². The van der Waals surface area contributed by atoms with Crippen LogP contribution in [0.25, 0.3) is 0 Å². The van der Waals surface area contributed by atoms with E-state index < -0.39 is 5.60 Å². The highest BCUT2D eigenvalue weighted by Gasteiger charge is 2.34. The standard InChI is InChI=1S/C18H29N3O4/c1-5-19-17(21-12-18(22)7-6-8-18)20-11-13-9-14(23-2)16(25-4)15(10-13)24-3/h9-10,22H,5-8,11-12H2,1-4H3,(H2,19,20,21). The number of benzene rings is 1. The van der Waals surface area contributed by atoms with Crippen molar-refractivity contribution in [1.82, 2.24) is 10.6 Å². The van der Waals surface area contributed by atoms with Crippen molar-refractivity contribution in [2.24, 2.45) is 4.99 Å². The van der Waals surface area contributed by atoms with E-state index in [1.807, 2.05) is 19.1 Å². The summed E-state index contributed by atoms with van der Waals surface area (Å²) in [5, 5.41) is 16.6. The zero-order valence-electron chi connectivity index (χ0n) is 15.5. The number of hydrogen-bond acceptors (Lipinski definition) is 5. The number of rotatable bonds is 8. The Balaban J connectivity index is 2.10. The van der Waals surface area contributed by atoms with Crippen molar-refractivity contribution in [1.29, 1.82) is 0 Å². The van der Waals surface area contributed by atoms with Crippen molar-refractivity contribution in [3.05, 3.63) is 17.7 Å². The van der Waals surface area contributed by atoms with Gasteiger partial charge in [0.2, 0.25) is 5.75 Å². The van der Waals surface area contributed by atoms with Crippen LogP contribution >= 0.6 is 0 Å². The Morgan fingerprint density at radius 3 is 2.20 bits per heavy atom. The van der Waals surface area contributed by atoms with E-state index in [-0.39, 0.29) is 0 Å². The molecular formula is C18H29N3O4. The second-order valence-electron chi connectivity index (χ2n) is 6.16. The van der Waals surface area contributed by atoms with Crippen LogP contribution in [0.1, 0.15) is 31.7 Å². The molecule has 0 unspecified atom stereocenters. The predicted molar refractivity (Wildman–Crippen MR) is 97.7 cm³/mol. The van der Waals surface area contributed by atoms with Gasteiger partial charge < -0.3 is 30.0 Å². The lowest BCUT2D eigenvalue weighted by Gasteiger charge is -2.37. The molecule has 140 valence electrons. The summed E-state index contributed by atoms with van der Waals surface area (Å²) in [6.07, 6.45) is 2.76. The first-order valence-corrected chi connectivity index (χ1v) is 8.58. The van der Waals surface area contributed by atoms with Gasteiger partial charge in [0.15, 0.2) is 17.5 Å². The summed E-state index contributed by atoms with van der Waals surface area (Å²) in [5.41, 5.74) is 0.344. The van der Waals surface area contributed by atoms with Crippen molar-refractivity contribution >= 4 is 5.96 Å². The molecule has 1 aliphatic rings. The first-order valence-electron chi connectivity index (χ1n) is 8.58. The Morgan fingerprint density at radius 2 is 1.76 bits per heavy atom. The Hall–Kier alpha value is -2.15. The third-order valence-corrected chi connectivity index (χ3v) is 4.36. The molecule has 0 saturated heterocycles. The summed E-state index contributed by atoms with van der Waals surface area (Å²) >= 11 is 0. The molecule has 1 aliphatic carbocycles. The number of aliphatic imine (C=N–C) groups is 1. The number of aliphatic hydroxyl groups is 1. The van der Waals surface area contributed by atoms with Crippen LogP contribution in [0.2, 0.25) is 0 Å². The van der Waals surface area contributed by atoms with Gasteiger partial charge in [-0.15, -0.1) is 0 Å². The largest absolute Gasteiger partial charge is 0.493 e. The molecule has 0 spiro atoms. The Kier molecular flexibility index (Phi) is 6.75. The fourth-order valence-electron chi connectivity index (χ4n) is 2.75. The summed E-state index contributed by atoms with van der Waals surface area (Å²) in [7, 11) is 4.77. The van der Waals surface area contributed by atoms with Gasteiger partial charge in [-0.1, -0.05) is 0 Å². The maximum absolute atomic E-state index is 10.2. The van der Waals surface area contributed by atoms with Gasteiger partial charge in [-0.05, 0) is 43.9 Å². The minimum absolute atomic E-state index is 0.449. The molecule has 7 heteroatoms. The number of guanidine groups is 1. The van der Waals surface area contributed by atoms with E-state index in [0.29, 0.717) is 36.3 Å². The van der Waals surface area contributed by atoms with Crippen LogP contribution in [0.3, 0.4) is 0 Å². The highest BCUT2D eigenvalue weighted by atomic mass is 16.5. The molecule has 0 aromatic heterocycles. The van der Waals surface area contributed by atoms with E-state index in [2.05, 4.69) is 15.6 Å². The summed E-state index contributed by atoms with van der Waals surface area (Å²) in [6.45, 7) is 3.72. The quantitative estimate of drug-likeness (QED) is 0.488. The molecule has 0 aliphatic heterocycles. The lowest BCUT2D eigenvalue weighted by Crippen LogP contribution is -2.50. The van der Waals surface area contributed by atoms with Gasteiger partial charge >= 0.3 is 0 Å². The highest BCUT2D eigenvalue weighted by Crippen LogP contribution is 2.38. The maximum atomic E-state index is 10.2. The number of methoxy groups -OCH3 is 3. The number of nitrogens with one attached hydrogen (secondary N) is 2. The van der Waals surface area contributed by atoms with E-state index in [0.717, 1.165) is 31.4 Å². The highest BCUT2D eigenvalue weighted by molar-refractivity contribution is 5.79. The van der Waals surface area contributed by atoms with Crippen LogP contribution in [0.5, 0.6) is 17.2 Å². The molecule has 3 N–H and O–H groups in total. The molecule has 0 amide bonds. The van der Waals surface area contributed by atoms with Crippen LogP contribution < -0.4 is 24.8 Å². The average molecular weight is 351 g/mol. The van der Waals surface area contributed by atoms with E-state index >= 15 is 0 Å². The number of nitrogens with zero attached hydrogens (tertiary/aromatic N) is 1. The molecule has 1 saturated carbocycles. The molecule has 1 aromatic rings. The van der Waals surface area contributed by atoms with E-state index in [1.54, 1.807) is 21.3 Å². The van der Waals surface area contributed by atoms with E-state index in [4.69, 9.17) is 14.2 Å². The Labute approximate surface area is 149 Å². The SMILES string of the molecule is CCNC(=NCc1cc(OC)c(OC)c(OC)c1)NCC1(O)CCC1. The van der Waals surface area contributed by atoms with Gasteiger partial charge in [0.1, 0.15) is 0 Å². The molecule has 25 heavy (non-hydrogen) atoms. The molecule has 0 radical (unpaired) electrons. The topological polar surface area (TPSA) is 84.3 Å². The molecule has 0 bridgehead atoms. The average Bonchev–Trinajstić information content (AvgIpc) is 2.61. The van der Waals surface area contributed by atoms with Gasteiger partial charge in [-0.25, -0.2) is 4.99 Å². The molecule has 0 heterocycles. The third kappa shape index (κ3) is 4.92. The fraction of sp³-hybridized carbons (Fsp3) is 0.611. The van der Waals surface area contributed by atoms with Crippen LogP contribution in [-0.2, 0) is 6.54 Å². The lowest BCUT2D eigenvalue weighted by molar-refractivity contribution is -0.0279. The van der Waals surface area contributed by atoms with Crippen LogP contribution in [0.15, 0.2) is 17.1 Å². The zero-order chi connectivity index (χ0) is 18.3. The van der Waals surface area contributed by atoms with Gasteiger partial charge in [-0.2, -0.15) is 0 Å². The van der Waals surface area contributed by atoms with E-state index in [9.17, 15) is 5.11 Å². The summed E-state index contributed by atoms with van der Waals surface area (Å²) < 4.78 is 16.1. The number of ether oxygens (including phenoxy) is 3. The fourth-order valence-corrected chi connectivity index (χ4v) is 2.75. The third-order valence-electron chi connectivity index (χ3n) is 4.36. The normalized spacial score (nSPS) is 16.0. The molecule has 0 atom stereocenters. The van der Waals surface area contributed by atoms with E-state index in [1.165, 1.54) is 0 Å². The molecule has 2 rings (SSSR count). The van der Waals surface area contributed by atoms with Crippen molar-refractivity contribution in [2.45, 2.75) is 38.3 Å². The lowest BCUT2D eigenvalue weighted by atomic mass is 9.80. The second kappa shape index (κ2) is 8.80. The molecule has 1 aromatic carbocycles. The van der Waals surface area contributed by atoms with Crippen LogP contribution in [0, 0.1) is 0 Å².